The Morgan fingerprint density at radius 1 is 0.957 bits per heavy atom. The number of rotatable bonds is 3. The zero-order valence-corrected chi connectivity index (χ0v) is 13.6. The van der Waals surface area contributed by atoms with Gasteiger partial charge in [-0.2, -0.15) is 0 Å². The number of halogens is 2. The summed E-state index contributed by atoms with van der Waals surface area (Å²) in [5.41, 5.74) is 2.72. The van der Waals surface area contributed by atoms with E-state index in [2.05, 4.69) is 9.98 Å². The van der Waals surface area contributed by atoms with Gasteiger partial charge in [0.1, 0.15) is 5.17 Å². The molecule has 2 aromatic rings. The Labute approximate surface area is 144 Å². The topological polar surface area (TPSA) is 41.8 Å². The van der Waals surface area contributed by atoms with Crippen LogP contribution in [0.3, 0.4) is 0 Å². The smallest absolute Gasteiger partial charge is 0.185 e. The molecule has 0 saturated carbocycles. The molecule has 0 unspecified atom stereocenters. The van der Waals surface area contributed by atoms with E-state index in [-0.39, 0.29) is 5.78 Å². The van der Waals surface area contributed by atoms with E-state index in [9.17, 15) is 4.79 Å². The quantitative estimate of drug-likeness (QED) is 0.534. The second kappa shape index (κ2) is 6.90. The molecule has 114 valence electrons. The minimum absolute atomic E-state index is 0.116. The Morgan fingerprint density at radius 3 is 2.30 bits per heavy atom. The van der Waals surface area contributed by atoms with Crippen LogP contribution in [0.5, 0.6) is 0 Å². The van der Waals surface area contributed by atoms with E-state index in [0.717, 1.165) is 11.4 Å². The lowest BCUT2D eigenvalue weighted by atomic mass is 10.1. The van der Waals surface area contributed by atoms with Crippen LogP contribution >= 0.6 is 23.2 Å². The van der Waals surface area contributed by atoms with Crippen molar-refractivity contribution in [2.75, 3.05) is 0 Å². The number of benzene rings is 2. The van der Waals surface area contributed by atoms with Gasteiger partial charge in [0.25, 0.3) is 0 Å². The number of ketones is 1. The van der Waals surface area contributed by atoms with Gasteiger partial charge in [0, 0.05) is 22.7 Å². The van der Waals surface area contributed by atoms with Crippen LogP contribution < -0.4 is 0 Å². The van der Waals surface area contributed by atoms with E-state index in [0.29, 0.717) is 27.9 Å². The molecule has 23 heavy (non-hydrogen) atoms. The molecule has 1 aliphatic heterocycles. The summed E-state index contributed by atoms with van der Waals surface area (Å²) in [6.07, 6.45) is 3.55. The number of carbonyl (C=O) groups is 1. The van der Waals surface area contributed by atoms with Crippen molar-refractivity contribution in [2.45, 2.75) is 6.42 Å². The monoisotopic (exact) mass is 342 g/mol. The first-order valence-electron chi connectivity index (χ1n) is 6.99. The zero-order valence-electron chi connectivity index (χ0n) is 12.0. The van der Waals surface area contributed by atoms with Crippen LogP contribution in [0, 0.1) is 0 Å². The van der Waals surface area contributed by atoms with E-state index in [4.69, 9.17) is 23.2 Å². The van der Waals surface area contributed by atoms with Gasteiger partial charge in [-0.15, -0.1) is 0 Å². The molecule has 5 heteroatoms. The summed E-state index contributed by atoms with van der Waals surface area (Å²) >= 11 is 11.9. The van der Waals surface area contributed by atoms with Gasteiger partial charge in [-0.05, 0) is 48.6 Å². The third-order valence-corrected chi connectivity index (χ3v) is 3.74. The minimum atomic E-state index is -0.116. The van der Waals surface area contributed by atoms with Crippen LogP contribution in [0.2, 0.25) is 5.02 Å². The first-order valence-corrected chi connectivity index (χ1v) is 7.75. The van der Waals surface area contributed by atoms with Gasteiger partial charge in [0.2, 0.25) is 0 Å². The molecule has 3 nitrogen and oxygen atoms in total. The van der Waals surface area contributed by atoms with Crippen LogP contribution in [-0.4, -0.2) is 16.7 Å². The van der Waals surface area contributed by atoms with E-state index in [1.165, 1.54) is 6.08 Å². The first-order chi connectivity index (χ1) is 11.1. The van der Waals surface area contributed by atoms with Crippen LogP contribution in [0.15, 0.2) is 70.7 Å². The van der Waals surface area contributed by atoms with E-state index < -0.39 is 0 Å². The van der Waals surface area contributed by atoms with Crippen molar-refractivity contribution in [2.24, 2.45) is 9.98 Å². The Hall–Kier alpha value is -2.23. The fourth-order valence-corrected chi connectivity index (χ4v) is 2.50. The molecule has 0 radical (unpaired) electrons. The molecule has 0 amide bonds. The molecule has 0 bridgehead atoms. The Morgan fingerprint density at radius 2 is 1.61 bits per heavy atom. The molecule has 2 aromatic carbocycles. The van der Waals surface area contributed by atoms with Gasteiger partial charge >= 0.3 is 0 Å². The van der Waals surface area contributed by atoms with E-state index in [1.807, 2.05) is 24.3 Å². The van der Waals surface area contributed by atoms with Gasteiger partial charge < -0.3 is 0 Å². The highest BCUT2D eigenvalue weighted by molar-refractivity contribution is 6.67. The number of hydrogen-bond donors (Lipinski definition) is 0. The highest BCUT2D eigenvalue weighted by atomic mass is 35.5. The Balaban J connectivity index is 1.85. The van der Waals surface area contributed by atoms with Crippen LogP contribution in [0.4, 0.5) is 11.4 Å². The number of para-hydroxylation sites is 2. The standard InChI is InChI=1S/C18H12Cl2N2O/c19-13-7-5-12(6-8-13)17(23)10-9-14-11-18(20)22-16-4-2-1-3-15(16)21-14/h1-10H,11H2/b10-9+. The molecule has 0 N–H and O–H groups in total. The molecule has 0 saturated heterocycles. The molecule has 0 aromatic heterocycles. The highest BCUT2D eigenvalue weighted by Gasteiger charge is 2.10. The molecule has 3 rings (SSSR count). The molecule has 1 heterocycles. The maximum atomic E-state index is 12.2. The molecular weight excluding hydrogens is 331 g/mol. The lowest BCUT2D eigenvalue weighted by Crippen LogP contribution is -2.00. The SMILES string of the molecule is O=C(/C=C/C1=Nc2ccccc2N=C(Cl)C1)c1ccc(Cl)cc1. The molecule has 0 aliphatic carbocycles. The predicted octanol–water partition coefficient (Wildman–Crippen LogP) is 5.52. The fourth-order valence-electron chi connectivity index (χ4n) is 2.15. The van der Waals surface area contributed by atoms with Gasteiger partial charge in [-0.1, -0.05) is 35.3 Å². The van der Waals surface area contributed by atoms with Crippen molar-refractivity contribution in [3.8, 4) is 0 Å². The number of fused-ring (bicyclic) bond motifs is 1. The van der Waals surface area contributed by atoms with Gasteiger partial charge in [0.05, 0.1) is 11.4 Å². The average Bonchev–Trinajstić information content (AvgIpc) is 2.70. The summed E-state index contributed by atoms with van der Waals surface area (Å²) in [6, 6.07) is 14.2. The van der Waals surface area contributed by atoms with Crippen molar-refractivity contribution >= 4 is 51.2 Å². The average molecular weight is 343 g/mol. The van der Waals surface area contributed by atoms with Gasteiger partial charge in [-0.3, -0.25) is 9.79 Å². The second-order valence-electron chi connectivity index (χ2n) is 4.96. The second-order valence-corrected chi connectivity index (χ2v) is 5.83. The number of allylic oxidation sites excluding steroid dienone is 2. The third kappa shape index (κ3) is 3.95. The third-order valence-electron chi connectivity index (χ3n) is 3.27. The maximum Gasteiger partial charge on any atom is 0.185 e. The summed E-state index contributed by atoms with van der Waals surface area (Å²) in [5.74, 6) is -0.116. The first kappa shape index (κ1) is 15.7. The van der Waals surface area contributed by atoms with Gasteiger partial charge in [0.15, 0.2) is 5.78 Å². The number of carbonyl (C=O) groups excluding carboxylic acids is 1. The Kier molecular flexibility index (Phi) is 4.70. The number of hydrogen-bond acceptors (Lipinski definition) is 3. The van der Waals surface area contributed by atoms with Crippen LogP contribution in [0.1, 0.15) is 16.8 Å². The van der Waals surface area contributed by atoms with E-state index in [1.54, 1.807) is 30.3 Å². The lowest BCUT2D eigenvalue weighted by molar-refractivity contribution is 0.104. The summed E-state index contributed by atoms with van der Waals surface area (Å²) in [4.78, 5) is 21.0. The van der Waals surface area contributed by atoms with Crippen molar-refractivity contribution in [3.63, 3.8) is 0 Å². The minimum Gasteiger partial charge on any atom is -0.289 e. The largest absolute Gasteiger partial charge is 0.289 e. The summed E-state index contributed by atoms with van der Waals surface area (Å²) in [7, 11) is 0. The van der Waals surface area contributed by atoms with Crippen LogP contribution in [0.25, 0.3) is 0 Å². The molecule has 0 fully saturated rings. The van der Waals surface area contributed by atoms with Crippen molar-refractivity contribution in [1.29, 1.82) is 0 Å². The predicted molar refractivity (Wildman–Crippen MR) is 96.0 cm³/mol. The highest BCUT2D eigenvalue weighted by Crippen LogP contribution is 2.31. The normalized spacial score (nSPS) is 14.0. The Bertz CT molecular complexity index is 836. The maximum absolute atomic E-state index is 12.2. The lowest BCUT2D eigenvalue weighted by Gasteiger charge is -1.99. The fraction of sp³-hybridized carbons (Fsp3) is 0.0556. The van der Waals surface area contributed by atoms with Crippen molar-refractivity contribution in [3.05, 3.63) is 71.3 Å². The van der Waals surface area contributed by atoms with Crippen LogP contribution in [-0.2, 0) is 0 Å². The van der Waals surface area contributed by atoms with Crippen molar-refractivity contribution in [1.82, 2.24) is 0 Å². The number of nitrogens with zero attached hydrogens (tertiary/aromatic N) is 2. The molecule has 0 atom stereocenters. The van der Waals surface area contributed by atoms with Crippen molar-refractivity contribution < 1.29 is 4.79 Å². The summed E-state index contributed by atoms with van der Waals surface area (Å²) < 4.78 is 0. The van der Waals surface area contributed by atoms with E-state index >= 15 is 0 Å². The zero-order chi connectivity index (χ0) is 16.2. The summed E-state index contributed by atoms with van der Waals surface area (Å²) in [5, 5.41) is 1.04. The number of aliphatic imine (C=N–C) groups is 2. The van der Waals surface area contributed by atoms with Gasteiger partial charge in [-0.25, -0.2) is 4.99 Å². The molecule has 1 aliphatic rings. The molecular formula is C18H12Cl2N2O. The molecule has 0 spiro atoms. The summed E-state index contributed by atoms with van der Waals surface area (Å²) in [6.45, 7) is 0.